The third-order valence-corrected chi connectivity index (χ3v) is 3.05. The van der Waals surface area contributed by atoms with Crippen molar-refractivity contribution in [2.45, 2.75) is 38.6 Å². The van der Waals surface area contributed by atoms with E-state index in [1.54, 1.807) is 0 Å². The van der Waals surface area contributed by atoms with E-state index < -0.39 is 0 Å². The number of hydrogen-bond acceptors (Lipinski definition) is 2. The van der Waals surface area contributed by atoms with Crippen LogP contribution >= 0.6 is 0 Å². The Kier molecular flexibility index (Phi) is 2.54. The molecule has 1 aliphatic heterocycles. The van der Waals surface area contributed by atoms with Gasteiger partial charge in [-0.15, -0.1) is 0 Å². The molecule has 0 aromatic carbocycles. The van der Waals surface area contributed by atoms with Crippen molar-refractivity contribution in [3.63, 3.8) is 0 Å². The van der Waals surface area contributed by atoms with Crippen molar-refractivity contribution in [2.75, 3.05) is 13.2 Å². The molecule has 0 bridgehead atoms. The highest BCUT2D eigenvalue weighted by molar-refractivity contribution is 5.83. The van der Waals surface area contributed by atoms with Crippen LogP contribution in [0.3, 0.4) is 0 Å². The zero-order valence-corrected chi connectivity index (χ0v) is 8.25. The summed E-state index contributed by atoms with van der Waals surface area (Å²) in [5.41, 5.74) is 0. The fourth-order valence-corrected chi connectivity index (χ4v) is 1.86. The Hall–Kier alpha value is -0.570. The second-order valence-electron chi connectivity index (χ2n) is 4.16. The Morgan fingerprint density at radius 3 is 2.85 bits per heavy atom. The van der Waals surface area contributed by atoms with Gasteiger partial charge in [0.05, 0.1) is 12.7 Å². The van der Waals surface area contributed by atoms with E-state index in [0.29, 0.717) is 5.91 Å². The molecule has 1 unspecified atom stereocenters. The Labute approximate surface area is 79.5 Å². The maximum Gasteiger partial charge on any atom is 0.240 e. The van der Waals surface area contributed by atoms with Gasteiger partial charge in [-0.3, -0.25) is 10.1 Å². The smallest absolute Gasteiger partial charge is 0.240 e. The van der Waals surface area contributed by atoms with Crippen LogP contribution in [0.15, 0.2) is 0 Å². The van der Waals surface area contributed by atoms with E-state index in [4.69, 9.17) is 0 Å². The predicted octanol–water partition coefficient (Wildman–Crippen LogP) is 0.954. The molecule has 1 aliphatic carbocycles. The van der Waals surface area contributed by atoms with E-state index in [1.807, 2.05) is 4.90 Å². The van der Waals surface area contributed by atoms with Crippen LogP contribution in [-0.2, 0) is 4.79 Å². The van der Waals surface area contributed by atoms with Gasteiger partial charge >= 0.3 is 0 Å². The predicted molar refractivity (Wildman–Crippen MR) is 51.1 cm³/mol. The molecule has 0 radical (unpaired) electrons. The van der Waals surface area contributed by atoms with Gasteiger partial charge in [0.2, 0.25) is 5.91 Å². The molecule has 74 valence electrons. The zero-order chi connectivity index (χ0) is 9.26. The van der Waals surface area contributed by atoms with Crippen LogP contribution in [0, 0.1) is 5.92 Å². The molecule has 1 amide bonds. The van der Waals surface area contributed by atoms with Gasteiger partial charge in [0.25, 0.3) is 0 Å². The summed E-state index contributed by atoms with van der Waals surface area (Å²) < 4.78 is 0. The molecular formula is C10H18N2O. The average molecular weight is 182 g/mol. The van der Waals surface area contributed by atoms with Gasteiger partial charge in [0.15, 0.2) is 0 Å². The highest BCUT2D eigenvalue weighted by atomic mass is 16.2. The quantitative estimate of drug-likeness (QED) is 0.702. The molecule has 13 heavy (non-hydrogen) atoms. The molecule has 3 heteroatoms. The number of nitrogens with one attached hydrogen (secondary N) is 1. The van der Waals surface area contributed by atoms with Gasteiger partial charge in [-0.2, -0.15) is 0 Å². The third-order valence-electron chi connectivity index (χ3n) is 3.05. The van der Waals surface area contributed by atoms with Crippen LogP contribution in [0.2, 0.25) is 0 Å². The lowest BCUT2D eigenvalue weighted by Crippen LogP contribution is -2.30. The number of carbonyl (C=O) groups excluding carboxylic acids is 1. The van der Waals surface area contributed by atoms with Gasteiger partial charge in [-0.1, -0.05) is 19.8 Å². The van der Waals surface area contributed by atoms with Crippen molar-refractivity contribution < 1.29 is 4.79 Å². The summed E-state index contributed by atoms with van der Waals surface area (Å²) in [5, 5.41) is 3.23. The Morgan fingerprint density at radius 2 is 2.31 bits per heavy atom. The SMILES string of the molecule is CCC1NCN(CCC2CC2)C1=O. The first-order chi connectivity index (χ1) is 6.31. The maximum absolute atomic E-state index is 11.6. The maximum atomic E-state index is 11.6. The lowest BCUT2D eigenvalue weighted by atomic mass is 10.2. The minimum atomic E-state index is 0.0965. The zero-order valence-electron chi connectivity index (χ0n) is 8.25. The van der Waals surface area contributed by atoms with Gasteiger partial charge in [0.1, 0.15) is 0 Å². The van der Waals surface area contributed by atoms with Gasteiger partial charge < -0.3 is 4.90 Å². The average Bonchev–Trinajstić information content (AvgIpc) is 2.89. The van der Waals surface area contributed by atoms with E-state index >= 15 is 0 Å². The topological polar surface area (TPSA) is 32.3 Å². The molecule has 0 aromatic rings. The van der Waals surface area contributed by atoms with Crippen molar-refractivity contribution in [3.8, 4) is 0 Å². The summed E-state index contributed by atoms with van der Waals surface area (Å²) in [4.78, 5) is 13.6. The summed E-state index contributed by atoms with van der Waals surface area (Å²) in [7, 11) is 0. The van der Waals surface area contributed by atoms with Crippen molar-refractivity contribution in [2.24, 2.45) is 5.92 Å². The van der Waals surface area contributed by atoms with Crippen LogP contribution < -0.4 is 5.32 Å². The molecule has 0 spiro atoms. The van der Waals surface area contributed by atoms with Crippen LogP contribution in [0.25, 0.3) is 0 Å². The lowest BCUT2D eigenvalue weighted by Gasteiger charge is -2.14. The van der Waals surface area contributed by atoms with E-state index in [2.05, 4.69) is 12.2 Å². The van der Waals surface area contributed by atoms with Crippen molar-refractivity contribution >= 4 is 5.91 Å². The molecule has 1 saturated carbocycles. The van der Waals surface area contributed by atoms with E-state index in [0.717, 1.165) is 25.6 Å². The molecule has 1 atom stereocenters. The van der Waals surface area contributed by atoms with Crippen LogP contribution in [0.5, 0.6) is 0 Å². The fourth-order valence-electron chi connectivity index (χ4n) is 1.86. The Balaban J connectivity index is 1.76. The van der Waals surface area contributed by atoms with Crippen LogP contribution in [0.1, 0.15) is 32.6 Å². The van der Waals surface area contributed by atoms with Gasteiger partial charge in [0, 0.05) is 6.54 Å². The van der Waals surface area contributed by atoms with E-state index in [1.165, 1.54) is 19.3 Å². The summed E-state index contributed by atoms with van der Waals surface area (Å²) in [6.45, 7) is 3.79. The first kappa shape index (κ1) is 9.00. The Morgan fingerprint density at radius 1 is 1.54 bits per heavy atom. The van der Waals surface area contributed by atoms with Gasteiger partial charge in [-0.05, 0) is 18.8 Å². The highest BCUT2D eigenvalue weighted by Gasteiger charge is 2.30. The molecule has 2 fully saturated rings. The number of amides is 1. The molecule has 2 aliphatic rings. The number of rotatable bonds is 4. The van der Waals surface area contributed by atoms with Crippen LogP contribution in [-0.4, -0.2) is 30.1 Å². The minimum Gasteiger partial charge on any atom is -0.329 e. The Bertz CT molecular complexity index is 201. The van der Waals surface area contributed by atoms with Crippen molar-refractivity contribution in [1.29, 1.82) is 0 Å². The second kappa shape index (κ2) is 3.66. The molecule has 1 saturated heterocycles. The first-order valence-electron chi connectivity index (χ1n) is 5.33. The largest absolute Gasteiger partial charge is 0.329 e. The molecule has 1 heterocycles. The van der Waals surface area contributed by atoms with Crippen molar-refractivity contribution in [3.05, 3.63) is 0 Å². The normalized spacial score (nSPS) is 28.5. The standard InChI is InChI=1S/C10H18N2O/c1-2-9-10(13)12(7-11-9)6-5-8-3-4-8/h8-9,11H,2-7H2,1H3. The van der Waals surface area contributed by atoms with Gasteiger partial charge in [-0.25, -0.2) is 0 Å². The monoisotopic (exact) mass is 182 g/mol. The summed E-state index contributed by atoms with van der Waals surface area (Å²) >= 11 is 0. The number of carbonyl (C=O) groups is 1. The van der Waals surface area contributed by atoms with E-state index in [-0.39, 0.29) is 6.04 Å². The first-order valence-corrected chi connectivity index (χ1v) is 5.33. The van der Waals surface area contributed by atoms with Crippen molar-refractivity contribution in [1.82, 2.24) is 10.2 Å². The number of nitrogens with zero attached hydrogens (tertiary/aromatic N) is 1. The molecule has 0 aromatic heterocycles. The third kappa shape index (κ3) is 2.02. The molecule has 3 nitrogen and oxygen atoms in total. The molecule has 2 rings (SSSR count). The fraction of sp³-hybridized carbons (Fsp3) is 0.900. The number of hydrogen-bond donors (Lipinski definition) is 1. The minimum absolute atomic E-state index is 0.0965. The second-order valence-corrected chi connectivity index (χ2v) is 4.16. The lowest BCUT2D eigenvalue weighted by molar-refractivity contribution is -0.129. The summed E-state index contributed by atoms with van der Waals surface area (Å²) in [6, 6.07) is 0.0965. The van der Waals surface area contributed by atoms with E-state index in [9.17, 15) is 4.79 Å². The highest BCUT2D eigenvalue weighted by Crippen LogP contribution is 2.32. The summed E-state index contributed by atoms with van der Waals surface area (Å²) in [6.07, 6.45) is 4.89. The molecular weight excluding hydrogens is 164 g/mol. The summed E-state index contributed by atoms with van der Waals surface area (Å²) in [5.74, 6) is 1.23. The molecule has 1 N–H and O–H groups in total. The van der Waals surface area contributed by atoms with Crippen LogP contribution in [0.4, 0.5) is 0 Å².